The SMILES string of the molecule is CN(C)C(=O)CN(C)c1ccc(Cl)cc1C#N. The van der Waals surface area contributed by atoms with Gasteiger partial charge in [-0.05, 0) is 18.2 Å². The molecule has 1 aromatic carbocycles. The van der Waals surface area contributed by atoms with Gasteiger partial charge in [0.25, 0.3) is 0 Å². The number of hydrogen-bond donors (Lipinski definition) is 0. The highest BCUT2D eigenvalue weighted by Crippen LogP contribution is 2.22. The summed E-state index contributed by atoms with van der Waals surface area (Å²) in [6.45, 7) is 0.226. The molecule has 0 aliphatic heterocycles. The molecule has 1 amide bonds. The summed E-state index contributed by atoms with van der Waals surface area (Å²) < 4.78 is 0. The van der Waals surface area contributed by atoms with E-state index in [4.69, 9.17) is 16.9 Å². The van der Waals surface area contributed by atoms with Crippen molar-refractivity contribution < 1.29 is 4.79 Å². The predicted octanol–water partition coefficient (Wildman–Crippen LogP) is 1.74. The second-order valence-electron chi connectivity index (χ2n) is 3.92. The Hall–Kier alpha value is -1.73. The van der Waals surface area contributed by atoms with Gasteiger partial charge in [-0.1, -0.05) is 11.6 Å². The summed E-state index contributed by atoms with van der Waals surface area (Å²) in [5.74, 6) is -0.0219. The molecule has 0 aromatic heterocycles. The van der Waals surface area contributed by atoms with E-state index in [2.05, 4.69) is 6.07 Å². The first-order valence-electron chi connectivity index (χ1n) is 5.06. The van der Waals surface area contributed by atoms with Crippen LogP contribution in [0.1, 0.15) is 5.56 Å². The van der Waals surface area contributed by atoms with Gasteiger partial charge in [-0.3, -0.25) is 4.79 Å². The number of anilines is 1. The molecule has 5 heteroatoms. The van der Waals surface area contributed by atoms with E-state index in [0.717, 1.165) is 0 Å². The number of nitriles is 1. The van der Waals surface area contributed by atoms with Crippen LogP contribution in [0, 0.1) is 11.3 Å². The summed E-state index contributed by atoms with van der Waals surface area (Å²) in [7, 11) is 5.16. The van der Waals surface area contributed by atoms with Crippen LogP contribution in [0.2, 0.25) is 5.02 Å². The van der Waals surface area contributed by atoms with Crippen LogP contribution in [-0.4, -0.2) is 38.5 Å². The van der Waals surface area contributed by atoms with Gasteiger partial charge in [0, 0.05) is 26.2 Å². The summed E-state index contributed by atoms with van der Waals surface area (Å²) in [4.78, 5) is 14.8. The van der Waals surface area contributed by atoms with Gasteiger partial charge < -0.3 is 9.80 Å². The number of hydrogen-bond acceptors (Lipinski definition) is 3. The zero-order valence-corrected chi connectivity index (χ0v) is 10.8. The first-order valence-corrected chi connectivity index (χ1v) is 5.44. The molecule has 0 N–H and O–H groups in total. The molecule has 0 saturated carbocycles. The lowest BCUT2D eigenvalue weighted by Crippen LogP contribution is -2.34. The summed E-state index contributed by atoms with van der Waals surface area (Å²) in [6, 6.07) is 7.10. The van der Waals surface area contributed by atoms with Crippen LogP contribution in [0.15, 0.2) is 18.2 Å². The lowest BCUT2D eigenvalue weighted by atomic mass is 10.2. The zero-order valence-electron chi connectivity index (χ0n) is 10.1. The van der Waals surface area contributed by atoms with Gasteiger partial charge in [0.1, 0.15) is 6.07 Å². The maximum absolute atomic E-state index is 11.6. The number of likely N-dealkylation sites (N-methyl/N-ethyl adjacent to an activating group) is 2. The quantitative estimate of drug-likeness (QED) is 0.822. The van der Waals surface area contributed by atoms with Crippen LogP contribution in [0.25, 0.3) is 0 Å². The molecule has 1 aromatic rings. The lowest BCUT2D eigenvalue weighted by Gasteiger charge is -2.22. The Morgan fingerprint density at radius 2 is 2.06 bits per heavy atom. The number of rotatable bonds is 3. The molecular formula is C12H14ClN3O. The summed E-state index contributed by atoms with van der Waals surface area (Å²) in [5, 5.41) is 9.52. The summed E-state index contributed by atoms with van der Waals surface area (Å²) in [6.07, 6.45) is 0. The van der Waals surface area contributed by atoms with Crippen LogP contribution in [-0.2, 0) is 4.79 Å². The molecule has 4 nitrogen and oxygen atoms in total. The fourth-order valence-electron chi connectivity index (χ4n) is 1.36. The molecule has 0 atom stereocenters. The van der Waals surface area contributed by atoms with Crippen molar-refractivity contribution in [3.8, 4) is 6.07 Å². The summed E-state index contributed by atoms with van der Waals surface area (Å²) >= 11 is 5.81. The third-order valence-corrected chi connectivity index (χ3v) is 2.60. The van der Waals surface area contributed by atoms with Gasteiger partial charge in [-0.25, -0.2) is 0 Å². The Morgan fingerprint density at radius 3 is 2.59 bits per heavy atom. The van der Waals surface area contributed by atoms with Crippen molar-refractivity contribution in [2.24, 2.45) is 0 Å². The van der Waals surface area contributed by atoms with E-state index in [1.807, 2.05) is 0 Å². The topological polar surface area (TPSA) is 47.3 Å². The Morgan fingerprint density at radius 1 is 1.41 bits per heavy atom. The lowest BCUT2D eigenvalue weighted by molar-refractivity contribution is -0.127. The number of carbonyl (C=O) groups excluding carboxylic acids is 1. The molecule has 1 rings (SSSR count). The molecule has 0 saturated heterocycles. The minimum Gasteiger partial charge on any atom is -0.364 e. The second kappa shape index (κ2) is 5.55. The van der Waals surface area contributed by atoms with E-state index >= 15 is 0 Å². The Bertz CT molecular complexity index is 465. The van der Waals surface area contributed by atoms with E-state index in [1.54, 1.807) is 44.2 Å². The van der Waals surface area contributed by atoms with Crippen molar-refractivity contribution in [1.82, 2.24) is 4.90 Å². The van der Waals surface area contributed by atoms with Crippen molar-refractivity contribution >= 4 is 23.2 Å². The van der Waals surface area contributed by atoms with E-state index in [-0.39, 0.29) is 12.5 Å². The largest absolute Gasteiger partial charge is 0.364 e. The first kappa shape index (κ1) is 13.3. The number of halogens is 1. The van der Waals surface area contributed by atoms with Gasteiger partial charge in [-0.2, -0.15) is 5.26 Å². The van der Waals surface area contributed by atoms with Crippen molar-refractivity contribution in [2.45, 2.75) is 0 Å². The van der Waals surface area contributed by atoms with E-state index in [0.29, 0.717) is 16.3 Å². The molecule has 90 valence electrons. The van der Waals surface area contributed by atoms with Crippen molar-refractivity contribution in [1.29, 1.82) is 5.26 Å². The molecule has 17 heavy (non-hydrogen) atoms. The van der Waals surface area contributed by atoms with Crippen LogP contribution in [0.4, 0.5) is 5.69 Å². The number of carbonyl (C=O) groups is 1. The van der Waals surface area contributed by atoms with Gasteiger partial charge in [0.05, 0.1) is 17.8 Å². The highest BCUT2D eigenvalue weighted by atomic mass is 35.5. The maximum atomic E-state index is 11.6. The minimum absolute atomic E-state index is 0.0219. The Kier molecular flexibility index (Phi) is 4.36. The third-order valence-electron chi connectivity index (χ3n) is 2.36. The second-order valence-corrected chi connectivity index (χ2v) is 4.35. The van der Waals surface area contributed by atoms with Gasteiger partial charge in [0.15, 0.2) is 0 Å². The fourth-order valence-corrected chi connectivity index (χ4v) is 1.53. The normalized spacial score (nSPS) is 9.59. The minimum atomic E-state index is -0.0219. The molecule has 0 radical (unpaired) electrons. The van der Waals surface area contributed by atoms with E-state index < -0.39 is 0 Å². The molecule has 0 bridgehead atoms. The van der Waals surface area contributed by atoms with E-state index in [1.165, 1.54) is 4.90 Å². The predicted molar refractivity (Wildman–Crippen MR) is 68.1 cm³/mol. The van der Waals surface area contributed by atoms with Gasteiger partial charge in [-0.15, -0.1) is 0 Å². The first-order chi connectivity index (χ1) is 7.95. The highest BCUT2D eigenvalue weighted by Gasteiger charge is 2.12. The molecule has 0 heterocycles. The van der Waals surface area contributed by atoms with Crippen LogP contribution in [0.5, 0.6) is 0 Å². The maximum Gasteiger partial charge on any atom is 0.241 e. The number of benzene rings is 1. The van der Waals surface area contributed by atoms with Crippen LogP contribution < -0.4 is 4.90 Å². The zero-order chi connectivity index (χ0) is 13.0. The Labute approximate surface area is 106 Å². The van der Waals surface area contributed by atoms with Gasteiger partial charge >= 0.3 is 0 Å². The van der Waals surface area contributed by atoms with E-state index in [9.17, 15) is 4.79 Å². The molecule has 0 aliphatic rings. The highest BCUT2D eigenvalue weighted by molar-refractivity contribution is 6.30. The van der Waals surface area contributed by atoms with Crippen LogP contribution in [0.3, 0.4) is 0 Å². The molecule has 0 aliphatic carbocycles. The number of amides is 1. The average Bonchev–Trinajstić information content (AvgIpc) is 2.28. The molecule has 0 spiro atoms. The number of nitrogens with zero attached hydrogens (tertiary/aromatic N) is 3. The molecule has 0 unspecified atom stereocenters. The standard InChI is InChI=1S/C12H14ClN3O/c1-15(2)12(17)8-16(3)11-5-4-10(13)6-9(11)7-14/h4-6H,8H2,1-3H3. The fraction of sp³-hybridized carbons (Fsp3) is 0.333. The van der Waals surface area contributed by atoms with Crippen molar-refractivity contribution in [3.05, 3.63) is 28.8 Å². The molecule has 0 fully saturated rings. The van der Waals surface area contributed by atoms with Crippen molar-refractivity contribution in [2.75, 3.05) is 32.6 Å². The van der Waals surface area contributed by atoms with Gasteiger partial charge in [0.2, 0.25) is 5.91 Å². The third kappa shape index (κ3) is 3.36. The average molecular weight is 252 g/mol. The Balaban J connectivity index is 2.93. The smallest absolute Gasteiger partial charge is 0.241 e. The van der Waals surface area contributed by atoms with Crippen molar-refractivity contribution in [3.63, 3.8) is 0 Å². The summed E-state index contributed by atoms with van der Waals surface area (Å²) in [5.41, 5.74) is 1.17. The molecular weight excluding hydrogens is 238 g/mol. The van der Waals surface area contributed by atoms with Crippen LogP contribution >= 0.6 is 11.6 Å². The monoisotopic (exact) mass is 251 g/mol.